The van der Waals surface area contributed by atoms with Crippen LogP contribution in [0.25, 0.3) is 22.0 Å². The number of carbonyl (C=O) groups is 1. The summed E-state index contributed by atoms with van der Waals surface area (Å²) in [6.07, 6.45) is 0. The summed E-state index contributed by atoms with van der Waals surface area (Å²) in [6, 6.07) is 13.5. The number of nitrogens with one attached hydrogen (secondary N) is 1. The highest BCUT2D eigenvalue weighted by Gasteiger charge is 2.09. The van der Waals surface area contributed by atoms with Crippen LogP contribution in [0.2, 0.25) is 0 Å². The molecule has 21 heavy (non-hydrogen) atoms. The molecular formula is C16H16N4O. The second kappa shape index (κ2) is 4.94. The molecule has 0 fully saturated rings. The number of aromatic nitrogens is 2. The summed E-state index contributed by atoms with van der Waals surface area (Å²) in [5.41, 5.74) is 9.49. The van der Waals surface area contributed by atoms with Crippen LogP contribution >= 0.6 is 0 Å². The standard InChI is InChI=1S/C16H16N4O/c1-20(2)16(21)11-5-3-10(4-6-11)12-7-8-14-13(9-12)15(17)19-18-14/h3-9H,1-2H3,(H3,17,18,19). The van der Waals surface area contributed by atoms with Crippen LogP contribution in [0.1, 0.15) is 10.4 Å². The largest absolute Gasteiger partial charge is 0.382 e. The van der Waals surface area contributed by atoms with E-state index in [1.54, 1.807) is 19.0 Å². The number of carbonyl (C=O) groups excluding carboxylic acids is 1. The summed E-state index contributed by atoms with van der Waals surface area (Å²) in [4.78, 5) is 13.4. The normalized spacial score (nSPS) is 10.8. The summed E-state index contributed by atoms with van der Waals surface area (Å²) in [6.45, 7) is 0. The predicted octanol–water partition coefficient (Wildman–Crippen LogP) is 2.51. The smallest absolute Gasteiger partial charge is 0.253 e. The van der Waals surface area contributed by atoms with Crippen molar-refractivity contribution in [1.82, 2.24) is 15.1 Å². The van der Waals surface area contributed by atoms with Crippen molar-refractivity contribution in [2.75, 3.05) is 19.8 Å². The summed E-state index contributed by atoms with van der Waals surface area (Å²) in [5, 5.41) is 7.77. The minimum absolute atomic E-state index is 0.00363. The number of nitrogens with zero attached hydrogens (tertiary/aromatic N) is 2. The Hall–Kier alpha value is -2.82. The molecular weight excluding hydrogens is 264 g/mol. The lowest BCUT2D eigenvalue weighted by Gasteiger charge is -2.10. The molecule has 1 aromatic heterocycles. The highest BCUT2D eigenvalue weighted by atomic mass is 16.2. The maximum Gasteiger partial charge on any atom is 0.253 e. The van der Waals surface area contributed by atoms with Crippen LogP contribution in [0.4, 0.5) is 5.82 Å². The first-order chi connectivity index (χ1) is 10.1. The molecule has 3 aromatic rings. The van der Waals surface area contributed by atoms with Gasteiger partial charge in [-0.1, -0.05) is 18.2 Å². The van der Waals surface area contributed by atoms with Crippen LogP contribution in [0.5, 0.6) is 0 Å². The van der Waals surface area contributed by atoms with Crippen LogP contribution in [0.3, 0.4) is 0 Å². The fraction of sp³-hybridized carbons (Fsp3) is 0.125. The van der Waals surface area contributed by atoms with Crippen LogP contribution in [0, 0.1) is 0 Å². The number of hydrogen-bond donors (Lipinski definition) is 2. The zero-order valence-corrected chi connectivity index (χ0v) is 11.9. The molecule has 0 atom stereocenters. The van der Waals surface area contributed by atoms with E-state index in [4.69, 9.17) is 5.73 Å². The molecule has 5 nitrogen and oxygen atoms in total. The van der Waals surface area contributed by atoms with Crippen molar-refractivity contribution in [3.8, 4) is 11.1 Å². The Morgan fingerprint density at radius 3 is 2.43 bits per heavy atom. The fourth-order valence-corrected chi connectivity index (χ4v) is 2.28. The van der Waals surface area contributed by atoms with E-state index in [0.717, 1.165) is 22.0 Å². The molecule has 1 amide bonds. The van der Waals surface area contributed by atoms with Gasteiger partial charge in [0.05, 0.1) is 5.52 Å². The molecule has 0 unspecified atom stereocenters. The maximum atomic E-state index is 11.9. The van der Waals surface area contributed by atoms with Crippen molar-refractivity contribution in [3.63, 3.8) is 0 Å². The molecule has 0 spiro atoms. The van der Waals surface area contributed by atoms with Crippen molar-refractivity contribution in [3.05, 3.63) is 48.0 Å². The van der Waals surface area contributed by atoms with Gasteiger partial charge < -0.3 is 10.6 Å². The molecule has 106 valence electrons. The molecule has 3 rings (SSSR count). The lowest BCUT2D eigenvalue weighted by atomic mass is 10.0. The quantitative estimate of drug-likeness (QED) is 0.757. The first-order valence-electron chi connectivity index (χ1n) is 6.62. The number of nitrogen functional groups attached to an aromatic ring is 1. The maximum absolute atomic E-state index is 11.9. The van der Waals surface area contributed by atoms with Gasteiger partial charge in [-0.25, -0.2) is 0 Å². The molecule has 0 radical (unpaired) electrons. The van der Waals surface area contributed by atoms with E-state index < -0.39 is 0 Å². The van der Waals surface area contributed by atoms with Gasteiger partial charge in [0.2, 0.25) is 0 Å². The Bertz CT molecular complexity index is 803. The number of benzene rings is 2. The molecule has 0 saturated heterocycles. The van der Waals surface area contributed by atoms with Crippen molar-refractivity contribution in [2.45, 2.75) is 0 Å². The molecule has 0 aliphatic carbocycles. The van der Waals surface area contributed by atoms with Gasteiger partial charge in [-0.3, -0.25) is 9.89 Å². The van der Waals surface area contributed by atoms with Gasteiger partial charge in [0.15, 0.2) is 5.82 Å². The SMILES string of the molecule is CN(C)C(=O)c1ccc(-c2ccc3[nH]nc(N)c3c2)cc1. The third-order valence-corrected chi connectivity index (χ3v) is 3.46. The van der Waals surface area contributed by atoms with E-state index in [9.17, 15) is 4.79 Å². The predicted molar refractivity (Wildman–Crippen MR) is 84.0 cm³/mol. The zero-order chi connectivity index (χ0) is 15.0. The average Bonchev–Trinajstić information content (AvgIpc) is 2.87. The number of anilines is 1. The molecule has 0 bridgehead atoms. The van der Waals surface area contributed by atoms with E-state index >= 15 is 0 Å². The van der Waals surface area contributed by atoms with E-state index in [0.29, 0.717) is 11.4 Å². The van der Waals surface area contributed by atoms with Gasteiger partial charge in [-0.2, -0.15) is 5.10 Å². The van der Waals surface area contributed by atoms with Gasteiger partial charge in [-0.15, -0.1) is 0 Å². The van der Waals surface area contributed by atoms with Crippen LogP contribution in [-0.2, 0) is 0 Å². The van der Waals surface area contributed by atoms with Gasteiger partial charge in [0, 0.05) is 25.0 Å². The zero-order valence-electron chi connectivity index (χ0n) is 11.9. The van der Waals surface area contributed by atoms with Gasteiger partial charge in [0.1, 0.15) is 0 Å². The summed E-state index contributed by atoms with van der Waals surface area (Å²) in [5.74, 6) is 0.488. The van der Waals surface area contributed by atoms with Crippen molar-refractivity contribution in [2.24, 2.45) is 0 Å². The number of aromatic amines is 1. The van der Waals surface area contributed by atoms with Crippen molar-refractivity contribution in [1.29, 1.82) is 0 Å². The van der Waals surface area contributed by atoms with E-state index in [1.807, 2.05) is 42.5 Å². The highest BCUT2D eigenvalue weighted by molar-refractivity contribution is 5.95. The number of amides is 1. The Balaban J connectivity index is 1.98. The molecule has 0 aliphatic rings. The number of H-pyrrole nitrogens is 1. The monoisotopic (exact) mass is 280 g/mol. The van der Waals surface area contributed by atoms with Gasteiger partial charge >= 0.3 is 0 Å². The fourth-order valence-electron chi connectivity index (χ4n) is 2.28. The minimum Gasteiger partial charge on any atom is -0.382 e. The van der Waals surface area contributed by atoms with Crippen LogP contribution in [0.15, 0.2) is 42.5 Å². The summed E-state index contributed by atoms with van der Waals surface area (Å²) < 4.78 is 0. The number of nitrogens with two attached hydrogens (primary N) is 1. The molecule has 2 aromatic carbocycles. The van der Waals surface area contributed by atoms with Crippen LogP contribution < -0.4 is 5.73 Å². The number of rotatable bonds is 2. The third-order valence-electron chi connectivity index (χ3n) is 3.46. The Kier molecular flexibility index (Phi) is 3.10. The average molecular weight is 280 g/mol. The summed E-state index contributed by atoms with van der Waals surface area (Å²) >= 11 is 0. The third kappa shape index (κ3) is 2.33. The van der Waals surface area contributed by atoms with E-state index in [2.05, 4.69) is 10.2 Å². The van der Waals surface area contributed by atoms with Crippen molar-refractivity contribution < 1.29 is 4.79 Å². The van der Waals surface area contributed by atoms with Gasteiger partial charge in [0.25, 0.3) is 5.91 Å². The minimum atomic E-state index is -0.00363. The van der Waals surface area contributed by atoms with Crippen LogP contribution in [-0.4, -0.2) is 35.1 Å². The first kappa shape index (κ1) is 13.2. The molecule has 3 N–H and O–H groups in total. The second-order valence-electron chi connectivity index (χ2n) is 5.15. The second-order valence-corrected chi connectivity index (χ2v) is 5.15. The Labute approximate surface area is 122 Å². The lowest BCUT2D eigenvalue weighted by molar-refractivity contribution is 0.0827. The Morgan fingerprint density at radius 2 is 1.76 bits per heavy atom. The topological polar surface area (TPSA) is 75.0 Å². The molecule has 1 heterocycles. The van der Waals surface area contributed by atoms with Gasteiger partial charge in [-0.05, 0) is 35.4 Å². The number of fused-ring (bicyclic) bond motifs is 1. The lowest BCUT2D eigenvalue weighted by Crippen LogP contribution is -2.21. The first-order valence-corrected chi connectivity index (χ1v) is 6.62. The van der Waals surface area contributed by atoms with E-state index in [1.165, 1.54) is 0 Å². The molecule has 0 aliphatic heterocycles. The molecule has 0 saturated carbocycles. The summed E-state index contributed by atoms with van der Waals surface area (Å²) in [7, 11) is 3.48. The highest BCUT2D eigenvalue weighted by Crippen LogP contribution is 2.26. The molecule has 5 heteroatoms. The Morgan fingerprint density at radius 1 is 1.10 bits per heavy atom. The van der Waals surface area contributed by atoms with Crippen molar-refractivity contribution >= 4 is 22.6 Å². The van der Waals surface area contributed by atoms with E-state index in [-0.39, 0.29) is 5.91 Å². The number of hydrogen-bond acceptors (Lipinski definition) is 3.